The SMILES string of the molecule is COc1ccc2cc(CCC(=O)c3ccccc3)ccc2c1. The summed E-state index contributed by atoms with van der Waals surface area (Å²) < 4.78 is 5.24. The zero-order valence-electron chi connectivity index (χ0n) is 12.6. The second kappa shape index (κ2) is 6.44. The summed E-state index contributed by atoms with van der Waals surface area (Å²) in [5, 5.41) is 2.32. The first-order valence-electron chi connectivity index (χ1n) is 7.41. The minimum Gasteiger partial charge on any atom is -0.497 e. The fourth-order valence-corrected chi connectivity index (χ4v) is 2.58. The summed E-state index contributed by atoms with van der Waals surface area (Å²) in [6.07, 6.45) is 1.29. The minimum absolute atomic E-state index is 0.190. The van der Waals surface area contributed by atoms with Gasteiger partial charge in [0.2, 0.25) is 0 Å². The second-order valence-electron chi connectivity index (χ2n) is 5.34. The van der Waals surface area contributed by atoms with Crippen LogP contribution in [0.5, 0.6) is 5.75 Å². The molecule has 0 heterocycles. The van der Waals surface area contributed by atoms with Gasteiger partial charge in [-0.2, -0.15) is 0 Å². The zero-order valence-corrected chi connectivity index (χ0v) is 12.6. The van der Waals surface area contributed by atoms with Crippen LogP contribution in [0.1, 0.15) is 22.3 Å². The van der Waals surface area contributed by atoms with Crippen LogP contribution in [0.2, 0.25) is 0 Å². The summed E-state index contributed by atoms with van der Waals surface area (Å²) in [4.78, 5) is 12.1. The minimum atomic E-state index is 0.190. The topological polar surface area (TPSA) is 26.3 Å². The van der Waals surface area contributed by atoms with Crippen molar-refractivity contribution in [2.45, 2.75) is 12.8 Å². The van der Waals surface area contributed by atoms with Crippen molar-refractivity contribution >= 4 is 16.6 Å². The van der Waals surface area contributed by atoms with Crippen LogP contribution in [-0.2, 0) is 6.42 Å². The number of benzene rings is 3. The van der Waals surface area contributed by atoms with Crippen molar-refractivity contribution in [1.82, 2.24) is 0 Å². The van der Waals surface area contributed by atoms with Crippen LogP contribution in [0.4, 0.5) is 0 Å². The molecule has 0 aliphatic rings. The molecule has 22 heavy (non-hydrogen) atoms. The number of methoxy groups -OCH3 is 1. The number of aryl methyl sites for hydroxylation is 1. The molecule has 0 atom stereocenters. The number of carbonyl (C=O) groups excluding carboxylic acids is 1. The molecule has 0 saturated carbocycles. The fraction of sp³-hybridized carbons (Fsp3) is 0.150. The lowest BCUT2D eigenvalue weighted by Crippen LogP contribution is -2.00. The van der Waals surface area contributed by atoms with Crippen LogP contribution in [0.15, 0.2) is 66.7 Å². The van der Waals surface area contributed by atoms with Gasteiger partial charge in [-0.3, -0.25) is 4.79 Å². The Morgan fingerprint density at radius 3 is 2.41 bits per heavy atom. The number of hydrogen-bond acceptors (Lipinski definition) is 2. The Hall–Kier alpha value is -2.61. The average molecular weight is 290 g/mol. The summed E-state index contributed by atoms with van der Waals surface area (Å²) in [5.41, 5.74) is 1.97. The van der Waals surface area contributed by atoms with Crippen molar-refractivity contribution in [2.24, 2.45) is 0 Å². The molecule has 0 aromatic heterocycles. The first-order chi connectivity index (χ1) is 10.8. The van der Waals surface area contributed by atoms with Gasteiger partial charge in [-0.05, 0) is 34.9 Å². The zero-order chi connectivity index (χ0) is 15.4. The van der Waals surface area contributed by atoms with E-state index in [4.69, 9.17) is 4.74 Å². The summed E-state index contributed by atoms with van der Waals surface area (Å²) in [7, 11) is 1.67. The van der Waals surface area contributed by atoms with E-state index in [1.165, 1.54) is 10.9 Å². The van der Waals surface area contributed by atoms with Gasteiger partial charge in [0.25, 0.3) is 0 Å². The number of rotatable bonds is 5. The van der Waals surface area contributed by atoms with E-state index in [9.17, 15) is 4.79 Å². The Kier molecular flexibility index (Phi) is 4.19. The third-order valence-corrected chi connectivity index (χ3v) is 3.85. The van der Waals surface area contributed by atoms with Crippen molar-refractivity contribution in [2.75, 3.05) is 7.11 Å². The van der Waals surface area contributed by atoms with E-state index in [-0.39, 0.29) is 5.78 Å². The van der Waals surface area contributed by atoms with Gasteiger partial charge in [0.1, 0.15) is 5.75 Å². The van der Waals surface area contributed by atoms with Gasteiger partial charge in [0.05, 0.1) is 7.11 Å². The molecule has 0 unspecified atom stereocenters. The van der Waals surface area contributed by atoms with Crippen LogP contribution < -0.4 is 4.74 Å². The van der Waals surface area contributed by atoms with E-state index in [2.05, 4.69) is 24.3 Å². The molecular formula is C20H18O2. The molecule has 0 radical (unpaired) electrons. The maximum atomic E-state index is 12.1. The normalized spacial score (nSPS) is 10.6. The Morgan fingerprint density at radius 2 is 1.64 bits per heavy atom. The second-order valence-corrected chi connectivity index (χ2v) is 5.34. The molecule has 2 nitrogen and oxygen atoms in total. The molecule has 110 valence electrons. The van der Waals surface area contributed by atoms with Gasteiger partial charge in [0, 0.05) is 12.0 Å². The smallest absolute Gasteiger partial charge is 0.163 e. The highest BCUT2D eigenvalue weighted by Crippen LogP contribution is 2.22. The van der Waals surface area contributed by atoms with Crippen LogP contribution >= 0.6 is 0 Å². The summed E-state index contributed by atoms with van der Waals surface area (Å²) in [5.74, 6) is 1.05. The van der Waals surface area contributed by atoms with Gasteiger partial charge in [0.15, 0.2) is 5.78 Å². The summed E-state index contributed by atoms with van der Waals surface area (Å²) >= 11 is 0. The van der Waals surface area contributed by atoms with Crippen molar-refractivity contribution in [3.05, 3.63) is 77.9 Å². The number of Topliss-reactive ketones (excluding diaryl/α,β-unsaturated/α-hetero) is 1. The molecule has 0 fully saturated rings. The van der Waals surface area contributed by atoms with Gasteiger partial charge in [-0.25, -0.2) is 0 Å². The Balaban J connectivity index is 1.73. The van der Waals surface area contributed by atoms with Crippen LogP contribution in [0, 0.1) is 0 Å². The summed E-state index contributed by atoms with van der Waals surface area (Å²) in [6.45, 7) is 0. The molecule has 3 aromatic carbocycles. The number of ether oxygens (including phenoxy) is 1. The molecule has 3 rings (SSSR count). The maximum Gasteiger partial charge on any atom is 0.163 e. The molecule has 0 aliphatic heterocycles. The predicted molar refractivity (Wildman–Crippen MR) is 89.6 cm³/mol. The lowest BCUT2D eigenvalue weighted by atomic mass is 10.0. The largest absolute Gasteiger partial charge is 0.497 e. The third kappa shape index (κ3) is 3.17. The lowest BCUT2D eigenvalue weighted by molar-refractivity contribution is 0.0983. The monoisotopic (exact) mass is 290 g/mol. The quantitative estimate of drug-likeness (QED) is 0.639. The Labute approximate surface area is 130 Å². The van der Waals surface area contributed by atoms with Crippen molar-refractivity contribution in [1.29, 1.82) is 0 Å². The fourth-order valence-electron chi connectivity index (χ4n) is 2.58. The van der Waals surface area contributed by atoms with Crippen LogP contribution in [0.25, 0.3) is 10.8 Å². The van der Waals surface area contributed by atoms with E-state index in [0.29, 0.717) is 6.42 Å². The number of carbonyl (C=O) groups is 1. The molecule has 0 N–H and O–H groups in total. The van der Waals surface area contributed by atoms with Gasteiger partial charge >= 0.3 is 0 Å². The average Bonchev–Trinajstić information content (AvgIpc) is 2.59. The molecule has 2 heteroatoms. The van der Waals surface area contributed by atoms with Crippen molar-refractivity contribution < 1.29 is 9.53 Å². The van der Waals surface area contributed by atoms with Crippen molar-refractivity contribution in [3.8, 4) is 5.75 Å². The van der Waals surface area contributed by atoms with Gasteiger partial charge < -0.3 is 4.74 Å². The lowest BCUT2D eigenvalue weighted by Gasteiger charge is -2.06. The standard InChI is InChI=1S/C20H18O2/c1-22-19-11-10-17-13-15(7-9-18(17)14-19)8-12-20(21)16-5-3-2-4-6-16/h2-7,9-11,13-14H,8,12H2,1H3. The van der Waals surface area contributed by atoms with Gasteiger partial charge in [-0.15, -0.1) is 0 Å². The first-order valence-corrected chi connectivity index (χ1v) is 7.41. The van der Waals surface area contributed by atoms with E-state index >= 15 is 0 Å². The van der Waals surface area contributed by atoms with Crippen LogP contribution in [0.3, 0.4) is 0 Å². The Bertz CT molecular complexity index is 791. The van der Waals surface area contributed by atoms with E-state index in [0.717, 1.165) is 23.1 Å². The van der Waals surface area contributed by atoms with Crippen molar-refractivity contribution in [3.63, 3.8) is 0 Å². The first kappa shape index (κ1) is 14.3. The third-order valence-electron chi connectivity index (χ3n) is 3.85. The Morgan fingerprint density at radius 1 is 0.909 bits per heavy atom. The van der Waals surface area contributed by atoms with E-state index < -0.39 is 0 Å². The van der Waals surface area contributed by atoms with Gasteiger partial charge in [-0.1, -0.05) is 54.6 Å². The highest BCUT2D eigenvalue weighted by molar-refractivity contribution is 5.96. The molecular weight excluding hydrogens is 272 g/mol. The molecule has 3 aromatic rings. The molecule has 0 amide bonds. The highest BCUT2D eigenvalue weighted by atomic mass is 16.5. The predicted octanol–water partition coefficient (Wildman–Crippen LogP) is 4.66. The van der Waals surface area contributed by atoms with E-state index in [1.807, 2.05) is 42.5 Å². The number of ketones is 1. The number of fused-ring (bicyclic) bond motifs is 1. The molecule has 0 spiro atoms. The maximum absolute atomic E-state index is 12.1. The molecule has 0 bridgehead atoms. The summed E-state index contributed by atoms with van der Waals surface area (Å²) in [6, 6.07) is 21.8. The van der Waals surface area contributed by atoms with Crippen LogP contribution in [-0.4, -0.2) is 12.9 Å². The molecule has 0 aliphatic carbocycles. The molecule has 0 saturated heterocycles. The highest BCUT2D eigenvalue weighted by Gasteiger charge is 2.06. The van der Waals surface area contributed by atoms with E-state index in [1.54, 1.807) is 7.11 Å². The number of hydrogen-bond donors (Lipinski definition) is 0.